The number of hydroxylamine groups is 1. The van der Waals surface area contributed by atoms with Crippen LogP contribution in [0.15, 0.2) is 18.2 Å². The third kappa shape index (κ3) is 3.20. The molecule has 0 aliphatic heterocycles. The summed E-state index contributed by atoms with van der Waals surface area (Å²) in [5, 5.41) is 11.3. The van der Waals surface area contributed by atoms with Gasteiger partial charge in [0.1, 0.15) is 0 Å². The minimum absolute atomic E-state index is 0.308. The fourth-order valence-corrected chi connectivity index (χ4v) is 1.84. The Hall–Kier alpha value is -1.55. The molecule has 0 aliphatic rings. The van der Waals surface area contributed by atoms with Gasteiger partial charge in [0, 0.05) is 5.69 Å². The van der Waals surface area contributed by atoms with Crippen LogP contribution in [0.3, 0.4) is 0 Å². The molecule has 17 heavy (non-hydrogen) atoms. The average molecular weight is 236 g/mol. The van der Waals surface area contributed by atoms with Crippen molar-refractivity contribution in [3.63, 3.8) is 0 Å². The van der Waals surface area contributed by atoms with E-state index >= 15 is 0 Å². The second kappa shape index (κ2) is 5.68. The molecule has 1 aromatic rings. The fourth-order valence-electron chi connectivity index (χ4n) is 1.84. The zero-order chi connectivity index (χ0) is 13.0. The summed E-state index contributed by atoms with van der Waals surface area (Å²) in [6.07, 6.45) is 0. The molecule has 94 valence electrons. The molecular formula is C13H20N2O2. The molecule has 0 spiro atoms. The summed E-state index contributed by atoms with van der Waals surface area (Å²) >= 11 is 0. The Labute approximate surface area is 102 Å². The monoisotopic (exact) mass is 236 g/mol. The lowest BCUT2D eigenvalue weighted by molar-refractivity contribution is 0.172. The first-order valence-corrected chi connectivity index (χ1v) is 5.81. The Bertz CT molecular complexity index is 374. The number of carbonyl (C=O) groups is 1. The molecule has 4 heteroatoms. The van der Waals surface area contributed by atoms with Crippen molar-refractivity contribution < 1.29 is 10.0 Å². The standard InChI is InChI=1S/C13H20N2O2/c1-8(2)10-6-5-7-11(9(3)4)12(10)14-13(16)15-17/h5-9,17H,1-4H3,(H2,14,15,16). The quantitative estimate of drug-likeness (QED) is 0.556. The van der Waals surface area contributed by atoms with Crippen LogP contribution in [0.5, 0.6) is 0 Å². The number of hydrogen-bond acceptors (Lipinski definition) is 2. The van der Waals surface area contributed by atoms with Gasteiger partial charge in [-0.1, -0.05) is 45.9 Å². The molecular weight excluding hydrogens is 216 g/mol. The van der Waals surface area contributed by atoms with E-state index in [0.29, 0.717) is 11.8 Å². The molecule has 0 bridgehead atoms. The van der Waals surface area contributed by atoms with Crippen LogP contribution in [-0.4, -0.2) is 11.2 Å². The molecule has 0 saturated carbocycles. The maximum absolute atomic E-state index is 11.3. The van der Waals surface area contributed by atoms with Crippen molar-refractivity contribution in [1.82, 2.24) is 5.48 Å². The Balaban J connectivity index is 3.23. The first-order valence-electron chi connectivity index (χ1n) is 5.81. The van der Waals surface area contributed by atoms with Crippen LogP contribution in [0.1, 0.15) is 50.7 Å². The Morgan fingerprint density at radius 2 is 1.59 bits per heavy atom. The predicted molar refractivity (Wildman–Crippen MR) is 68.6 cm³/mol. The van der Waals surface area contributed by atoms with Crippen molar-refractivity contribution in [1.29, 1.82) is 0 Å². The smallest absolute Gasteiger partial charge is 0.306 e. The number of amides is 2. The van der Waals surface area contributed by atoms with Crippen molar-refractivity contribution >= 4 is 11.7 Å². The third-order valence-corrected chi connectivity index (χ3v) is 2.71. The van der Waals surface area contributed by atoms with E-state index < -0.39 is 6.03 Å². The van der Waals surface area contributed by atoms with Gasteiger partial charge in [-0.15, -0.1) is 0 Å². The molecule has 0 aromatic heterocycles. The SMILES string of the molecule is CC(C)c1cccc(C(C)C)c1NC(=O)NO. The van der Waals surface area contributed by atoms with Gasteiger partial charge < -0.3 is 5.32 Å². The van der Waals surface area contributed by atoms with Gasteiger partial charge in [0.2, 0.25) is 0 Å². The number of hydrogen-bond donors (Lipinski definition) is 3. The van der Waals surface area contributed by atoms with Crippen LogP contribution in [0.4, 0.5) is 10.5 Å². The van der Waals surface area contributed by atoms with E-state index in [1.807, 2.05) is 18.2 Å². The van der Waals surface area contributed by atoms with Gasteiger partial charge in [-0.25, -0.2) is 10.3 Å². The van der Waals surface area contributed by atoms with Crippen LogP contribution in [0.25, 0.3) is 0 Å². The second-order valence-corrected chi connectivity index (χ2v) is 4.69. The number of para-hydroxylation sites is 1. The summed E-state index contributed by atoms with van der Waals surface area (Å²) in [5.41, 5.74) is 4.53. The van der Waals surface area contributed by atoms with Gasteiger partial charge >= 0.3 is 6.03 Å². The highest BCUT2D eigenvalue weighted by molar-refractivity contribution is 5.90. The predicted octanol–water partition coefficient (Wildman–Crippen LogP) is 3.44. The van der Waals surface area contributed by atoms with E-state index in [2.05, 4.69) is 33.0 Å². The van der Waals surface area contributed by atoms with E-state index in [1.165, 1.54) is 0 Å². The number of anilines is 1. The summed E-state index contributed by atoms with van der Waals surface area (Å²) < 4.78 is 0. The molecule has 0 unspecified atom stereocenters. The number of rotatable bonds is 3. The molecule has 0 radical (unpaired) electrons. The summed E-state index contributed by atoms with van der Waals surface area (Å²) in [4.78, 5) is 11.3. The summed E-state index contributed by atoms with van der Waals surface area (Å²) in [5.74, 6) is 0.616. The van der Waals surface area contributed by atoms with Crippen LogP contribution in [0, 0.1) is 0 Å². The van der Waals surface area contributed by atoms with Crippen LogP contribution in [0.2, 0.25) is 0 Å². The van der Waals surface area contributed by atoms with Crippen molar-refractivity contribution in [2.24, 2.45) is 0 Å². The van der Waals surface area contributed by atoms with Crippen LogP contribution >= 0.6 is 0 Å². The molecule has 3 N–H and O–H groups in total. The number of urea groups is 1. The minimum atomic E-state index is -0.611. The summed E-state index contributed by atoms with van der Waals surface area (Å²) in [6.45, 7) is 8.28. The largest absolute Gasteiger partial charge is 0.342 e. The fraction of sp³-hybridized carbons (Fsp3) is 0.462. The van der Waals surface area contributed by atoms with E-state index in [4.69, 9.17) is 5.21 Å². The van der Waals surface area contributed by atoms with E-state index in [1.54, 1.807) is 5.48 Å². The average Bonchev–Trinajstić information content (AvgIpc) is 2.28. The Kier molecular flexibility index (Phi) is 4.52. The summed E-state index contributed by atoms with van der Waals surface area (Å²) in [6, 6.07) is 5.36. The molecule has 0 atom stereocenters. The highest BCUT2D eigenvalue weighted by Crippen LogP contribution is 2.32. The Morgan fingerprint density at radius 3 is 1.94 bits per heavy atom. The highest BCUT2D eigenvalue weighted by Gasteiger charge is 2.15. The normalized spacial score (nSPS) is 10.8. The van der Waals surface area contributed by atoms with Crippen molar-refractivity contribution in [3.05, 3.63) is 29.3 Å². The molecule has 4 nitrogen and oxygen atoms in total. The molecule has 2 amide bonds. The molecule has 1 aromatic carbocycles. The van der Waals surface area contributed by atoms with Crippen molar-refractivity contribution in [2.45, 2.75) is 39.5 Å². The van der Waals surface area contributed by atoms with Crippen molar-refractivity contribution in [3.8, 4) is 0 Å². The molecule has 0 aliphatic carbocycles. The number of nitrogens with one attached hydrogen (secondary N) is 2. The lowest BCUT2D eigenvalue weighted by atomic mass is 9.93. The molecule has 0 heterocycles. The minimum Gasteiger partial charge on any atom is -0.306 e. The number of carbonyl (C=O) groups excluding carboxylic acids is 1. The van der Waals surface area contributed by atoms with Gasteiger partial charge in [0.05, 0.1) is 0 Å². The van der Waals surface area contributed by atoms with Gasteiger partial charge in [-0.2, -0.15) is 0 Å². The first kappa shape index (κ1) is 13.5. The van der Waals surface area contributed by atoms with Crippen LogP contribution < -0.4 is 10.8 Å². The van der Waals surface area contributed by atoms with E-state index in [9.17, 15) is 4.79 Å². The summed E-state index contributed by atoms with van der Waals surface area (Å²) in [7, 11) is 0. The maximum Gasteiger partial charge on any atom is 0.342 e. The van der Waals surface area contributed by atoms with Gasteiger partial charge in [-0.05, 0) is 23.0 Å². The number of benzene rings is 1. The topological polar surface area (TPSA) is 61.4 Å². The zero-order valence-corrected chi connectivity index (χ0v) is 10.7. The first-order chi connectivity index (χ1) is 7.97. The van der Waals surface area contributed by atoms with Gasteiger partial charge in [0.25, 0.3) is 0 Å². The van der Waals surface area contributed by atoms with Crippen LogP contribution in [-0.2, 0) is 0 Å². The lowest BCUT2D eigenvalue weighted by Gasteiger charge is -2.19. The van der Waals surface area contributed by atoms with E-state index in [0.717, 1.165) is 16.8 Å². The highest BCUT2D eigenvalue weighted by atomic mass is 16.5. The zero-order valence-electron chi connectivity index (χ0n) is 10.7. The third-order valence-electron chi connectivity index (χ3n) is 2.71. The second-order valence-electron chi connectivity index (χ2n) is 4.69. The van der Waals surface area contributed by atoms with Crippen molar-refractivity contribution in [2.75, 3.05) is 5.32 Å². The molecule has 0 saturated heterocycles. The maximum atomic E-state index is 11.3. The molecule has 0 fully saturated rings. The lowest BCUT2D eigenvalue weighted by Crippen LogP contribution is -2.26. The van der Waals surface area contributed by atoms with E-state index in [-0.39, 0.29) is 0 Å². The Morgan fingerprint density at radius 1 is 1.12 bits per heavy atom. The molecule has 1 rings (SSSR count). The van der Waals surface area contributed by atoms with Gasteiger partial charge in [0.15, 0.2) is 0 Å². The van der Waals surface area contributed by atoms with Gasteiger partial charge in [-0.3, -0.25) is 5.21 Å².